The second-order valence-corrected chi connectivity index (χ2v) is 14.4. The fourth-order valence-electron chi connectivity index (χ4n) is 9.55. The van der Waals surface area contributed by atoms with Crippen molar-refractivity contribution in [2.24, 2.45) is 39.4 Å². The van der Waals surface area contributed by atoms with Gasteiger partial charge < -0.3 is 20.4 Å². The van der Waals surface area contributed by atoms with Gasteiger partial charge in [-0.15, -0.1) is 0 Å². The lowest BCUT2D eigenvalue weighted by Crippen LogP contribution is -2.55. The number of rotatable bonds is 6. The van der Waals surface area contributed by atoms with E-state index >= 15 is 0 Å². The zero-order valence-electron chi connectivity index (χ0n) is 23.2. The van der Waals surface area contributed by atoms with Crippen molar-refractivity contribution in [1.82, 2.24) is 0 Å². The maximum Gasteiger partial charge on any atom is 0.306 e. The van der Waals surface area contributed by atoms with Gasteiger partial charge in [0.2, 0.25) is 0 Å². The number of fused-ring (bicyclic) bond motifs is 4. The molecule has 4 rings (SSSR count). The van der Waals surface area contributed by atoms with Gasteiger partial charge in [-0.05, 0) is 112 Å². The number of aliphatic hydroxyl groups is 3. The molecule has 4 N–H and O–H groups in total. The van der Waals surface area contributed by atoms with Gasteiger partial charge in [0, 0.05) is 0 Å². The minimum atomic E-state index is -1.23. The molecule has 2 fully saturated rings. The Morgan fingerprint density at radius 2 is 1.63 bits per heavy atom. The van der Waals surface area contributed by atoms with Gasteiger partial charge in [-0.3, -0.25) is 4.79 Å². The van der Waals surface area contributed by atoms with Gasteiger partial charge in [0.25, 0.3) is 0 Å². The van der Waals surface area contributed by atoms with Gasteiger partial charge in [0.05, 0.1) is 23.7 Å². The SMILES string of the molecule is CC(C)(O)[C@@H](O)CC[C@H](C(=O)O)[C@@H]1CC[C@]2(C)C3=C(CC[C@@]12C)[C@@]1(C)CC[C@@H](O)C(C)(C)[C@@H]1CC3. The molecule has 0 radical (unpaired) electrons. The van der Waals surface area contributed by atoms with E-state index in [4.69, 9.17) is 0 Å². The second kappa shape index (κ2) is 8.56. The van der Waals surface area contributed by atoms with E-state index in [9.17, 15) is 25.2 Å². The molecule has 0 aromatic carbocycles. The average molecular weight is 491 g/mol. The van der Waals surface area contributed by atoms with E-state index in [0.717, 1.165) is 51.4 Å². The Balaban J connectivity index is 1.66. The summed E-state index contributed by atoms with van der Waals surface area (Å²) in [6.07, 6.45) is 7.60. The molecule has 35 heavy (non-hydrogen) atoms. The van der Waals surface area contributed by atoms with Crippen LogP contribution in [0.15, 0.2) is 11.1 Å². The van der Waals surface area contributed by atoms with Gasteiger partial charge in [-0.2, -0.15) is 0 Å². The van der Waals surface area contributed by atoms with Gasteiger partial charge in [-0.25, -0.2) is 0 Å². The van der Waals surface area contributed by atoms with Crippen molar-refractivity contribution in [2.75, 3.05) is 0 Å². The van der Waals surface area contributed by atoms with E-state index in [-0.39, 0.29) is 33.7 Å². The average Bonchev–Trinajstić information content (AvgIpc) is 3.02. The minimum absolute atomic E-state index is 0.00199. The Bertz CT molecular complexity index is 884. The summed E-state index contributed by atoms with van der Waals surface area (Å²) in [5.74, 6) is -0.709. The first-order chi connectivity index (χ1) is 16.0. The predicted octanol–water partition coefficient (Wildman–Crippen LogP) is 5.71. The van der Waals surface area contributed by atoms with Crippen molar-refractivity contribution in [3.63, 3.8) is 0 Å². The van der Waals surface area contributed by atoms with E-state index in [1.54, 1.807) is 25.0 Å². The molecule has 0 aliphatic heterocycles. The third-order valence-corrected chi connectivity index (χ3v) is 12.2. The molecule has 4 aliphatic carbocycles. The van der Waals surface area contributed by atoms with Gasteiger partial charge in [0.1, 0.15) is 0 Å². The topological polar surface area (TPSA) is 98.0 Å². The number of aliphatic carboxylic acids is 1. The van der Waals surface area contributed by atoms with Crippen molar-refractivity contribution < 1.29 is 25.2 Å². The van der Waals surface area contributed by atoms with E-state index in [0.29, 0.717) is 18.8 Å². The molecule has 0 saturated heterocycles. The van der Waals surface area contributed by atoms with Gasteiger partial charge in [0.15, 0.2) is 0 Å². The Morgan fingerprint density at radius 1 is 0.971 bits per heavy atom. The largest absolute Gasteiger partial charge is 0.481 e. The van der Waals surface area contributed by atoms with Crippen molar-refractivity contribution in [2.45, 2.75) is 130 Å². The van der Waals surface area contributed by atoms with Crippen LogP contribution in [0.2, 0.25) is 0 Å². The quantitative estimate of drug-likeness (QED) is 0.358. The molecule has 0 amide bonds. The van der Waals surface area contributed by atoms with Crippen molar-refractivity contribution in [3.8, 4) is 0 Å². The highest BCUT2D eigenvalue weighted by atomic mass is 16.4. The minimum Gasteiger partial charge on any atom is -0.481 e. The molecule has 0 heterocycles. The summed E-state index contributed by atoms with van der Waals surface area (Å²) >= 11 is 0. The number of aliphatic hydroxyl groups excluding tert-OH is 2. The van der Waals surface area contributed by atoms with Gasteiger partial charge >= 0.3 is 5.97 Å². The summed E-state index contributed by atoms with van der Waals surface area (Å²) < 4.78 is 0. The molecule has 0 aromatic heterocycles. The Labute approximate surface area is 212 Å². The molecule has 0 unspecified atom stereocenters. The number of carboxylic acids is 1. The third kappa shape index (κ3) is 3.94. The molecule has 0 aromatic rings. The molecule has 5 nitrogen and oxygen atoms in total. The maximum atomic E-state index is 12.5. The standard InChI is InChI=1S/C30H50O5/c1-26(2)22-10-9-21-20(28(22,5)15-14-23(26)31)13-17-29(6)19(12-16-30(21,29)7)18(25(33)34)8-11-24(32)27(3,4)35/h18-19,22-24,31-32,35H,8-17H2,1-7H3,(H,33,34)/t18-,19-,22-,23+,24-,28+,29-,30+/m0/s1. The lowest BCUT2D eigenvalue weighted by atomic mass is 9.43. The molecule has 0 spiro atoms. The van der Waals surface area contributed by atoms with E-state index in [2.05, 4.69) is 34.6 Å². The normalized spacial score (nSPS) is 42.6. The van der Waals surface area contributed by atoms with Crippen LogP contribution in [0, 0.1) is 39.4 Å². The second-order valence-electron chi connectivity index (χ2n) is 14.4. The first-order valence-electron chi connectivity index (χ1n) is 14.0. The van der Waals surface area contributed by atoms with Crippen LogP contribution in [0.1, 0.15) is 113 Å². The van der Waals surface area contributed by atoms with Gasteiger partial charge in [-0.1, -0.05) is 45.8 Å². The smallest absolute Gasteiger partial charge is 0.306 e. The van der Waals surface area contributed by atoms with Crippen LogP contribution in [-0.2, 0) is 4.79 Å². The number of hydrogen-bond acceptors (Lipinski definition) is 4. The van der Waals surface area contributed by atoms with Crippen LogP contribution in [0.4, 0.5) is 0 Å². The summed E-state index contributed by atoms with van der Waals surface area (Å²) in [6.45, 7) is 14.9. The first-order valence-corrected chi connectivity index (χ1v) is 14.0. The summed E-state index contributed by atoms with van der Waals surface area (Å²) in [4.78, 5) is 12.5. The monoisotopic (exact) mass is 490 g/mol. The number of carbonyl (C=O) groups is 1. The van der Waals surface area contributed by atoms with Crippen LogP contribution in [0.3, 0.4) is 0 Å². The summed E-state index contributed by atoms with van der Waals surface area (Å²) in [5.41, 5.74) is 1.99. The van der Waals surface area contributed by atoms with Crippen LogP contribution in [0.5, 0.6) is 0 Å². The van der Waals surface area contributed by atoms with E-state index in [1.807, 2.05) is 0 Å². The zero-order chi connectivity index (χ0) is 26.2. The Hall–Kier alpha value is -0.910. The maximum absolute atomic E-state index is 12.5. The predicted molar refractivity (Wildman–Crippen MR) is 138 cm³/mol. The van der Waals surface area contributed by atoms with E-state index < -0.39 is 23.6 Å². The number of allylic oxidation sites excluding steroid dienone is 2. The molecular formula is C30H50O5. The molecule has 200 valence electrons. The fraction of sp³-hybridized carbons (Fsp3) is 0.900. The third-order valence-electron chi connectivity index (χ3n) is 12.2. The number of carboxylic acid groups (broad SMARTS) is 1. The Morgan fingerprint density at radius 3 is 2.23 bits per heavy atom. The number of hydrogen-bond donors (Lipinski definition) is 4. The molecule has 0 bridgehead atoms. The molecular weight excluding hydrogens is 440 g/mol. The summed E-state index contributed by atoms with van der Waals surface area (Å²) in [6, 6.07) is 0. The fourth-order valence-corrected chi connectivity index (χ4v) is 9.55. The highest BCUT2D eigenvalue weighted by Gasteiger charge is 2.64. The molecule has 4 aliphatic rings. The van der Waals surface area contributed by atoms with Crippen molar-refractivity contribution in [3.05, 3.63) is 11.1 Å². The highest BCUT2D eigenvalue weighted by Crippen LogP contribution is 2.72. The first kappa shape index (κ1) is 27.1. The Kier molecular flexibility index (Phi) is 6.64. The highest BCUT2D eigenvalue weighted by molar-refractivity contribution is 5.70. The lowest BCUT2D eigenvalue weighted by Gasteiger charge is -2.62. The van der Waals surface area contributed by atoms with Crippen molar-refractivity contribution >= 4 is 5.97 Å². The van der Waals surface area contributed by atoms with Crippen molar-refractivity contribution in [1.29, 1.82) is 0 Å². The molecule has 5 heteroatoms. The van der Waals surface area contributed by atoms with E-state index in [1.165, 1.54) is 0 Å². The lowest BCUT2D eigenvalue weighted by molar-refractivity contribution is -0.147. The zero-order valence-corrected chi connectivity index (χ0v) is 23.2. The summed E-state index contributed by atoms with van der Waals surface area (Å²) in [7, 11) is 0. The molecule has 2 saturated carbocycles. The van der Waals surface area contributed by atoms with Crippen LogP contribution < -0.4 is 0 Å². The molecule has 8 atom stereocenters. The summed E-state index contributed by atoms with van der Waals surface area (Å²) in [5, 5.41) is 41.6. The van der Waals surface area contributed by atoms with Crippen LogP contribution >= 0.6 is 0 Å². The van der Waals surface area contributed by atoms with Crippen LogP contribution in [-0.4, -0.2) is 44.2 Å². The van der Waals surface area contributed by atoms with Crippen LogP contribution in [0.25, 0.3) is 0 Å².